The van der Waals surface area contributed by atoms with E-state index in [4.69, 9.17) is 10.5 Å². The molecule has 1 aliphatic rings. The number of nitrogens with zero attached hydrogens (tertiary/aromatic N) is 3. The highest BCUT2D eigenvalue weighted by Gasteiger charge is 2.22. The van der Waals surface area contributed by atoms with E-state index in [0.29, 0.717) is 0 Å². The van der Waals surface area contributed by atoms with Crippen molar-refractivity contribution in [2.45, 2.75) is 32.1 Å². The Morgan fingerprint density at radius 3 is 2.46 bits per heavy atom. The number of likely N-dealkylation sites (N-methyl/N-ethyl adjacent to an activating group) is 1. The van der Waals surface area contributed by atoms with Gasteiger partial charge in [0.05, 0.1) is 0 Å². The monoisotopic (exact) mass is 512 g/mol. The summed E-state index contributed by atoms with van der Waals surface area (Å²) in [6, 6.07) is 0. The number of carbonyl (C=O) groups is 1. The van der Waals surface area contributed by atoms with Gasteiger partial charge >= 0.3 is 0 Å². The van der Waals surface area contributed by atoms with Crippen LogP contribution >= 0.6 is 24.0 Å². The van der Waals surface area contributed by atoms with Gasteiger partial charge in [-0.1, -0.05) is 0 Å². The normalized spacial score (nSPS) is 16.1. The second-order valence-electron chi connectivity index (χ2n) is 7.30. The number of carbonyl (C=O) groups excluding carboxylic acids is 1. The van der Waals surface area contributed by atoms with E-state index in [9.17, 15) is 4.79 Å². The molecule has 0 aromatic heterocycles. The number of ether oxygens (including phenoxy) is 1. The van der Waals surface area contributed by atoms with Crippen LogP contribution in [0.2, 0.25) is 0 Å². The van der Waals surface area contributed by atoms with Gasteiger partial charge in [0.2, 0.25) is 5.91 Å². The van der Waals surface area contributed by atoms with Crippen molar-refractivity contribution in [3.63, 3.8) is 0 Å². The van der Waals surface area contributed by atoms with E-state index in [0.717, 1.165) is 90.5 Å². The minimum atomic E-state index is -0.140. The fourth-order valence-corrected chi connectivity index (χ4v) is 3.28. The number of nitrogens with one attached hydrogen (secondary N) is 2. The maximum absolute atomic E-state index is 11.2. The molecule has 0 unspecified atom stereocenters. The first-order valence-corrected chi connectivity index (χ1v) is 10.2. The van der Waals surface area contributed by atoms with Crippen molar-refractivity contribution >= 4 is 35.8 Å². The van der Waals surface area contributed by atoms with Gasteiger partial charge in [0.25, 0.3) is 0 Å². The molecule has 1 rings (SSSR count). The Labute approximate surface area is 188 Å². The lowest BCUT2D eigenvalue weighted by molar-refractivity contribution is -0.123. The molecule has 1 aliphatic heterocycles. The van der Waals surface area contributed by atoms with Crippen LogP contribution in [0.25, 0.3) is 0 Å². The molecule has 8 nitrogen and oxygen atoms in total. The Balaban J connectivity index is 0.00000729. The number of aliphatic imine (C=N–C) groups is 1. The standard InChI is InChI=1S/C19H40N6O2.HI/c1-21-19(23-10-15-24(2)11-6-16-27-3)22-9-4-5-12-25-13-7-17(8-14-25)18(20)26;/h17H,4-16H2,1-3H3,(H2,20,26)(H2,21,22,23);1H. The molecular weight excluding hydrogens is 471 g/mol. The van der Waals surface area contributed by atoms with Gasteiger partial charge in [-0.3, -0.25) is 9.79 Å². The first kappa shape index (κ1) is 27.4. The van der Waals surface area contributed by atoms with Crippen LogP contribution in [0.15, 0.2) is 4.99 Å². The number of primary amides is 1. The predicted octanol–water partition coefficient (Wildman–Crippen LogP) is 0.715. The molecule has 166 valence electrons. The highest BCUT2D eigenvalue weighted by molar-refractivity contribution is 14.0. The van der Waals surface area contributed by atoms with Crippen LogP contribution < -0.4 is 16.4 Å². The minimum absolute atomic E-state index is 0. The van der Waals surface area contributed by atoms with Gasteiger partial charge in [-0.2, -0.15) is 0 Å². The molecule has 28 heavy (non-hydrogen) atoms. The zero-order valence-corrected chi connectivity index (χ0v) is 20.2. The largest absolute Gasteiger partial charge is 0.385 e. The number of hydrogen-bond acceptors (Lipinski definition) is 5. The summed E-state index contributed by atoms with van der Waals surface area (Å²) < 4.78 is 5.08. The van der Waals surface area contributed by atoms with Crippen molar-refractivity contribution < 1.29 is 9.53 Å². The molecule has 9 heteroatoms. The van der Waals surface area contributed by atoms with Crippen LogP contribution in [0.3, 0.4) is 0 Å². The number of halogens is 1. The lowest BCUT2D eigenvalue weighted by Gasteiger charge is -2.30. The molecule has 1 fully saturated rings. The van der Waals surface area contributed by atoms with Gasteiger partial charge in [-0.25, -0.2) is 0 Å². The fraction of sp³-hybridized carbons (Fsp3) is 0.895. The van der Waals surface area contributed by atoms with Crippen LogP contribution in [0.5, 0.6) is 0 Å². The Bertz CT molecular complexity index is 431. The molecule has 0 spiro atoms. The van der Waals surface area contributed by atoms with Gasteiger partial charge in [-0.05, 0) is 58.8 Å². The fourth-order valence-electron chi connectivity index (χ4n) is 3.28. The number of guanidine groups is 1. The minimum Gasteiger partial charge on any atom is -0.385 e. The quantitative estimate of drug-likeness (QED) is 0.146. The van der Waals surface area contributed by atoms with E-state index < -0.39 is 0 Å². The van der Waals surface area contributed by atoms with Crippen LogP contribution in [0.1, 0.15) is 32.1 Å². The third kappa shape index (κ3) is 12.7. The Kier molecular flexibility index (Phi) is 16.8. The zero-order valence-electron chi connectivity index (χ0n) is 17.9. The van der Waals surface area contributed by atoms with E-state index >= 15 is 0 Å². The highest BCUT2D eigenvalue weighted by Crippen LogP contribution is 2.16. The molecule has 0 aromatic rings. The maximum atomic E-state index is 11.2. The number of piperidine rings is 1. The second kappa shape index (κ2) is 17.2. The van der Waals surface area contributed by atoms with Gasteiger partial charge < -0.3 is 30.9 Å². The summed E-state index contributed by atoms with van der Waals surface area (Å²) in [6.07, 6.45) is 5.12. The predicted molar refractivity (Wildman–Crippen MR) is 126 cm³/mol. The average molecular weight is 512 g/mol. The zero-order chi connectivity index (χ0) is 19.9. The first-order valence-electron chi connectivity index (χ1n) is 10.2. The van der Waals surface area contributed by atoms with Crippen molar-refractivity contribution in [3.05, 3.63) is 0 Å². The first-order chi connectivity index (χ1) is 13.1. The second-order valence-corrected chi connectivity index (χ2v) is 7.30. The SMILES string of the molecule is CN=C(NCCCCN1CCC(C(N)=O)CC1)NCCN(C)CCCOC.I. The van der Waals surface area contributed by atoms with Crippen molar-refractivity contribution in [3.8, 4) is 0 Å². The summed E-state index contributed by atoms with van der Waals surface area (Å²) in [4.78, 5) is 20.2. The molecule has 4 N–H and O–H groups in total. The molecule has 0 aliphatic carbocycles. The van der Waals surface area contributed by atoms with Crippen LogP contribution in [-0.4, -0.2) is 95.3 Å². The molecular formula is C19H41IN6O2. The molecule has 1 saturated heterocycles. The van der Waals surface area contributed by atoms with Crippen LogP contribution in [0, 0.1) is 5.92 Å². The lowest BCUT2D eigenvalue weighted by Crippen LogP contribution is -2.41. The van der Waals surface area contributed by atoms with Crippen molar-refractivity contribution in [1.82, 2.24) is 20.4 Å². The lowest BCUT2D eigenvalue weighted by atomic mass is 9.96. The summed E-state index contributed by atoms with van der Waals surface area (Å²) in [6.45, 7) is 7.68. The summed E-state index contributed by atoms with van der Waals surface area (Å²) in [5, 5.41) is 6.73. The van der Waals surface area contributed by atoms with E-state index in [1.807, 2.05) is 0 Å². The number of likely N-dealkylation sites (tertiary alicyclic amines) is 1. The van der Waals surface area contributed by atoms with E-state index in [-0.39, 0.29) is 35.8 Å². The number of methoxy groups -OCH3 is 1. The number of hydrogen-bond donors (Lipinski definition) is 3. The van der Waals surface area contributed by atoms with Gasteiger partial charge in [0.1, 0.15) is 0 Å². The van der Waals surface area contributed by atoms with E-state index in [1.54, 1.807) is 14.2 Å². The van der Waals surface area contributed by atoms with Crippen molar-refractivity contribution in [2.75, 3.05) is 73.6 Å². The number of amides is 1. The topological polar surface area (TPSA) is 95.2 Å². The smallest absolute Gasteiger partial charge is 0.220 e. The maximum Gasteiger partial charge on any atom is 0.220 e. The Morgan fingerprint density at radius 1 is 1.18 bits per heavy atom. The Hall–Kier alpha value is -0.650. The van der Waals surface area contributed by atoms with Crippen molar-refractivity contribution in [2.24, 2.45) is 16.6 Å². The van der Waals surface area contributed by atoms with E-state index in [2.05, 4.69) is 32.5 Å². The third-order valence-electron chi connectivity index (χ3n) is 5.08. The van der Waals surface area contributed by atoms with Gasteiger partial charge in [-0.15, -0.1) is 24.0 Å². The summed E-state index contributed by atoms with van der Waals surface area (Å²) in [5.74, 6) is 0.804. The van der Waals surface area contributed by atoms with Gasteiger partial charge in [0, 0.05) is 52.9 Å². The number of unbranched alkanes of at least 4 members (excludes halogenated alkanes) is 1. The Morgan fingerprint density at radius 2 is 1.86 bits per heavy atom. The highest BCUT2D eigenvalue weighted by atomic mass is 127. The number of rotatable bonds is 13. The molecule has 0 saturated carbocycles. The summed E-state index contributed by atoms with van der Waals surface area (Å²) >= 11 is 0. The van der Waals surface area contributed by atoms with Crippen LogP contribution in [0.4, 0.5) is 0 Å². The molecule has 1 amide bonds. The van der Waals surface area contributed by atoms with Gasteiger partial charge in [0.15, 0.2) is 5.96 Å². The number of nitrogens with two attached hydrogens (primary N) is 1. The van der Waals surface area contributed by atoms with Crippen LogP contribution in [-0.2, 0) is 9.53 Å². The van der Waals surface area contributed by atoms with Crippen molar-refractivity contribution in [1.29, 1.82) is 0 Å². The molecule has 1 heterocycles. The molecule has 0 aromatic carbocycles. The third-order valence-corrected chi connectivity index (χ3v) is 5.08. The average Bonchev–Trinajstić information content (AvgIpc) is 2.67. The summed E-state index contributed by atoms with van der Waals surface area (Å²) in [7, 11) is 5.67. The van der Waals surface area contributed by atoms with E-state index in [1.165, 1.54) is 0 Å². The molecule has 0 radical (unpaired) electrons. The summed E-state index contributed by atoms with van der Waals surface area (Å²) in [5.41, 5.74) is 5.38. The molecule has 0 atom stereocenters. The molecule has 0 bridgehead atoms.